The molecule has 1 saturated carbocycles. The molecule has 0 aromatic heterocycles. The van der Waals surface area contributed by atoms with E-state index in [0.29, 0.717) is 0 Å². The van der Waals surface area contributed by atoms with E-state index in [1.165, 1.54) is 18.2 Å². The van der Waals surface area contributed by atoms with Crippen LogP contribution >= 0.6 is 0 Å². The van der Waals surface area contributed by atoms with Gasteiger partial charge in [-0.05, 0) is 24.5 Å². The molecule has 0 bridgehead atoms. The molecule has 0 saturated heterocycles. The zero-order chi connectivity index (χ0) is 16.4. The molecule has 0 spiro atoms. The van der Waals surface area contributed by atoms with E-state index in [0.717, 1.165) is 6.07 Å². The van der Waals surface area contributed by atoms with Gasteiger partial charge in [-0.25, -0.2) is 8.78 Å². The largest absolute Gasteiger partial charge is 0.416 e. The van der Waals surface area contributed by atoms with Crippen molar-refractivity contribution in [1.82, 2.24) is 5.32 Å². The van der Waals surface area contributed by atoms with Gasteiger partial charge in [-0.15, -0.1) is 0 Å². The van der Waals surface area contributed by atoms with Gasteiger partial charge in [0.25, 0.3) is 0 Å². The SMILES string of the molecule is O=C(Cc1ccccc1C(F)(F)F)NC1CCC(F)(F)CC1. The van der Waals surface area contributed by atoms with Crippen LogP contribution in [0.15, 0.2) is 24.3 Å². The van der Waals surface area contributed by atoms with Crippen LogP contribution in [0.3, 0.4) is 0 Å². The molecule has 1 amide bonds. The van der Waals surface area contributed by atoms with Crippen LogP contribution in [0.25, 0.3) is 0 Å². The maximum atomic E-state index is 13.0. The van der Waals surface area contributed by atoms with Crippen LogP contribution in [0.2, 0.25) is 0 Å². The third-order valence-corrected chi connectivity index (χ3v) is 3.76. The zero-order valence-corrected chi connectivity index (χ0v) is 11.7. The highest BCUT2D eigenvalue weighted by Crippen LogP contribution is 2.34. The molecular weight excluding hydrogens is 305 g/mol. The van der Waals surface area contributed by atoms with Crippen LogP contribution in [0.5, 0.6) is 0 Å². The standard InChI is InChI=1S/C15H16F5NO/c16-14(17)7-5-11(6-8-14)21-13(22)9-10-3-1-2-4-12(10)15(18,19)20/h1-4,11H,5-9H2,(H,21,22). The van der Waals surface area contributed by atoms with Crippen molar-refractivity contribution in [2.24, 2.45) is 0 Å². The molecule has 7 heteroatoms. The van der Waals surface area contributed by atoms with Crippen molar-refractivity contribution in [3.63, 3.8) is 0 Å². The van der Waals surface area contributed by atoms with Crippen LogP contribution in [0, 0.1) is 0 Å². The minimum Gasteiger partial charge on any atom is -0.353 e. The van der Waals surface area contributed by atoms with E-state index < -0.39 is 36.0 Å². The maximum absolute atomic E-state index is 13.0. The third-order valence-electron chi connectivity index (χ3n) is 3.76. The van der Waals surface area contributed by atoms with Gasteiger partial charge in [0, 0.05) is 18.9 Å². The van der Waals surface area contributed by atoms with Gasteiger partial charge < -0.3 is 5.32 Å². The maximum Gasteiger partial charge on any atom is 0.416 e. The molecule has 22 heavy (non-hydrogen) atoms. The first-order chi connectivity index (χ1) is 10.2. The molecular formula is C15H16F5NO. The number of halogens is 5. The summed E-state index contributed by atoms with van der Waals surface area (Å²) >= 11 is 0. The minimum atomic E-state index is -4.52. The molecule has 122 valence electrons. The first kappa shape index (κ1) is 16.7. The van der Waals surface area contributed by atoms with Gasteiger partial charge in [-0.2, -0.15) is 13.2 Å². The fourth-order valence-corrected chi connectivity index (χ4v) is 2.59. The molecule has 1 aliphatic carbocycles. The van der Waals surface area contributed by atoms with Crippen molar-refractivity contribution in [3.05, 3.63) is 35.4 Å². The van der Waals surface area contributed by atoms with E-state index >= 15 is 0 Å². The number of carbonyl (C=O) groups is 1. The Bertz CT molecular complexity index is 531. The predicted molar refractivity (Wildman–Crippen MR) is 70.5 cm³/mol. The molecule has 0 aliphatic heterocycles. The van der Waals surface area contributed by atoms with Crippen molar-refractivity contribution >= 4 is 5.91 Å². The van der Waals surface area contributed by atoms with Crippen molar-refractivity contribution < 1.29 is 26.7 Å². The Kier molecular flexibility index (Phi) is 4.72. The lowest BCUT2D eigenvalue weighted by Gasteiger charge is -2.28. The number of carbonyl (C=O) groups excluding carboxylic acids is 1. The average molecular weight is 321 g/mol. The van der Waals surface area contributed by atoms with Gasteiger partial charge in [-0.3, -0.25) is 4.79 Å². The zero-order valence-electron chi connectivity index (χ0n) is 11.7. The average Bonchev–Trinajstić information content (AvgIpc) is 2.40. The Morgan fingerprint density at radius 3 is 2.36 bits per heavy atom. The van der Waals surface area contributed by atoms with Gasteiger partial charge >= 0.3 is 6.18 Å². The highest BCUT2D eigenvalue weighted by molar-refractivity contribution is 5.79. The lowest BCUT2D eigenvalue weighted by Crippen LogP contribution is -2.41. The highest BCUT2D eigenvalue weighted by Gasteiger charge is 2.36. The van der Waals surface area contributed by atoms with Crippen LogP contribution in [-0.4, -0.2) is 17.9 Å². The van der Waals surface area contributed by atoms with Crippen molar-refractivity contribution in [2.45, 2.75) is 50.2 Å². The summed E-state index contributed by atoms with van der Waals surface area (Å²) in [5.74, 6) is -3.28. The highest BCUT2D eigenvalue weighted by atomic mass is 19.4. The van der Waals surface area contributed by atoms with Crippen LogP contribution in [-0.2, 0) is 17.4 Å². The number of hydrogen-bond donors (Lipinski definition) is 1. The lowest BCUT2D eigenvalue weighted by atomic mass is 9.92. The van der Waals surface area contributed by atoms with Crippen LogP contribution in [0.4, 0.5) is 22.0 Å². The lowest BCUT2D eigenvalue weighted by molar-refractivity contribution is -0.138. The number of alkyl halides is 5. The topological polar surface area (TPSA) is 29.1 Å². The Morgan fingerprint density at radius 2 is 1.77 bits per heavy atom. The van der Waals surface area contributed by atoms with Gasteiger partial charge in [0.2, 0.25) is 11.8 Å². The van der Waals surface area contributed by atoms with E-state index in [-0.39, 0.29) is 31.2 Å². The quantitative estimate of drug-likeness (QED) is 0.840. The van der Waals surface area contributed by atoms with Gasteiger partial charge in [0.1, 0.15) is 0 Å². The van der Waals surface area contributed by atoms with Gasteiger partial charge in [0.05, 0.1) is 12.0 Å². The summed E-state index contributed by atoms with van der Waals surface area (Å²) in [4.78, 5) is 11.9. The number of nitrogens with one attached hydrogen (secondary N) is 1. The molecule has 1 aromatic carbocycles. The molecule has 1 aromatic rings. The normalized spacial score (nSPS) is 19.0. The molecule has 1 fully saturated rings. The van der Waals surface area contributed by atoms with Crippen molar-refractivity contribution in [2.75, 3.05) is 0 Å². The van der Waals surface area contributed by atoms with Crippen LogP contribution < -0.4 is 5.32 Å². The second-order valence-corrected chi connectivity index (χ2v) is 5.53. The molecule has 2 rings (SSSR count). The second-order valence-electron chi connectivity index (χ2n) is 5.53. The van der Waals surface area contributed by atoms with E-state index in [2.05, 4.69) is 5.32 Å². The molecule has 0 radical (unpaired) electrons. The summed E-state index contributed by atoms with van der Waals surface area (Å²) in [6.07, 6.45) is -5.28. The van der Waals surface area contributed by atoms with Crippen LogP contribution in [0.1, 0.15) is 36.8 Å². The summed E-state index contributed by atoms with van der Waals surface area (Å²) in [5, 5.41) is 2.54. The number of rotatable bonds is 3. The number of hydrogen-bond acceptors (Lipinski definition) is 1. The Labute approximate surface area is 124 Å². The summed E-state index contributed by atoms with van der Waals surface area (Å²) in [6, 6.07) is 4.46. The molecule has 2 nitrogen and oxygen atoms in total. The van der Waals surface area contributed by atoms with E-state index in [1.54, 1.807) is 0 Å². The summed E-state index contributed by atoms with van der Waals surface area (Å²) < 4.78 is 64.5. The van der Waals surface area contributed by atoms with Gasteiger partial charge in [-0.1, -0.05) is 18.2 Å². The molecule has 1 N–H and O–H groups in total. The van der Waals surface area contributed by atoms with E-state index in [1.807, 2.05) is 0 Å². The van der Waals surface area contributed by atoms with E-state index in [4.69, 9.17) is 0 Å². The number of benzene rings is 1. The Morgan fingerprint density at radius 1 is 1.18 bits per heavy atom. The predicted octanol–water partition coefficient (Wildman–Crippen LogP) is 3.94. The van der Waals surface area contributed by atoms with E-state index in [9.17, 15) is 26.7 Å². The molecule has 0 heterocycles. The monoisotopic (exact) mass is 321 g/mol. The Hall–Kier alpha value is -1.66. The Balaban J connectivity index is 1.96. The van der Waals surface area contributed by atoms with Gasteiger partial charge in [0.15, 0.2) is 0 Å². The molecule has 1 aliphatic rings. The smallest absolute Gasteiger partial charge is 0.353 e. The molecule has 0 atom stereocenters. The first-order valence-electron chi connectivity index (χ1n) is 7.00. The fraction of sp³-hybridized carbons (Fsp3) is 0.533. The first-order valence-corrected chi connectivity index (χ1v) is 7.00. The summed E-state index contributed by atoms with van der Waals surface area (Å²) in [6.45, 7) is 0. The summed E-state index contributed by atoms with van der Waals surface area (Å²) in [5.41, 5.74) is -0.964. The van der Waals surface area contributed by atoms with Crippen molar-refractivity contribution in [3.8, 4) is 0 Å². The minimum absolute atomic E-state index is 0.117. The fourth-order valence-electron chi connectivity index (χ4n) is 2.59. The van der Waals surface area contributed by atoms with Crippen molar-refractivity contribution in [1.29, 1.82) is 0 Å². The number of amides is 1. The molecule has 0 unspecified atom stereocenters. The second kappa shape index (κ2) is 6.22. The summed E-state index contributed by atoms with van der Waals surface area (Å²) in [7, 11) is 0. The third kappa shape index (κ3) is 4.42.